The molecular weight excluding hydrogens is 372 g/mol. The zero-order chi connectivity index (χ0) is 19.6. The van der Waals surface area contributed by atoms with Crippen molar-refractivity contribution in [3.8, 4) is 0 Å². The summed E-state index contributed by atoms with van der Waals surface area (Å²) in [4.78, 5) is 38.5. The van der Waals surface area contributed by atoms with E-state index in [4.69, 9.17) is 16.3 Å². The second-order valence-corrected chi connectivity index (χ2v) is 6.56. The number of nitrogens with one attached hydrogen (secondary N) is 1. The number of benzene rings is 1. The average Bonchev–Trinajstić information content (AvgIpc) is 3.19. The minimum absolute atomic E-state index is 0.0844. The smallest absolute Gasteiger partial charge is 0.343 e. The molecule has 2 aromatic rings. The number of rotatable bonds is 5. The average molecular weight is 391 g/mol. The number of nitrogens with zero attached hydrogens (tertiary/aromatic N) is 3. The second kappa shape index (κ2) is 7.79. The van der Waals surface area contributed by atoms with Gasteiger partial charge in [0.1, 0.15) is 11.4 Å². The molecule has 1 aromatic carbocycles. The summed E-state index contributed by atoms with van der Waals surface area (Å²) in [5.41, 5.74) is 0.860. The summed E-state index contributed by atoms with van der Waals surface area (Å²) in [5, 5.41) is 7.27. The third-order valence-electron chi connectivity index (χ3n) is 4.31. The van der Waals surface area contributed by atoms with Crippen molar-refractivity contribution < 1.29 is 19.1 Å². The molecule has 0 aliphatic carbocycles. The Bertz CT molecular complexity index is 878. The SMILES string of the molecule is CCOC(=O)c1cnn(C)c1NC(=O)C1CC(=O)N(c2ccc(Cl)cc2)C1. The van der Waals surface area contributed by atoms with Crippen LogP contribution in [0.3, 0.4) is 0 Å². The largest absolute Gasteiger partial charge is 0.462 e. The number of ether oxygens (including phenoxy) is 1. The molecule has 142 valence electrons. The number of hydrogen-bond donors (Lipinski definition) is 1. The maximum Gasteiger partial charge on any atom is 0.343 e. The van der Waals surface area contributed by atoms with Gasteiger partial charge in [-0.05, 0) is 31.2 Å². The van der Waals surface area contributed by atoms with Crippen molar-refractivity contribution in [2.45, 2.75) is 13.3 Å². The Kier molecular flexibility index (Phi) is 5.46. The predicted octanol–water partition coefficient (Wildman–Crippen LogP) is 2.24. The highest BCUT2D eigenvalue weighted by atomic mass is 35.5. The third-order valence-corrected chi connectivity index (χ3v) is 4.56. The summed E-state index contributed by atoms with van der Waals surface area (Å²) >= 11 is 5.88. The van der Waals surface area contributed by atoms with Crippen LogP contribution in [0, 0.1) is 5.92 Å². The number of esters is 1. The van der Waals surface area contributed by atoms with Crippen LogP contribution in [0.2, 0.25) is 5.02 Å². The van der Waals surface area contributed by atoms with E-state index >= 15 is 0 Å². The van der Waals surface area contributed by atoms with Crippen LogP contribution in [-0.2, 0) is 21.4 Å². The Morgan fingerprint density at radius 3 is 2.70 bits per heavy atom. The van der Waals surface area contributed by atoms with Gasteiger partial charge >= 0.3 is 5.97 Å². The van der Waals surface area contributed by atoms with E-state index in [0.29, 0.717) is 10.7 Å². The molecule has 2 amide bonds. The first kappa shape index (κ1) is 18.9. The zero-order valence-electron chi connectivity index (χ0n) is 14.9. The summed E-state index contributed by atoms with van der Waals surface area (Å²) in [6.07, 6.45) is 1.43. The standard InChI is InChI=1S/C18H19ClN4O4/c1-3-27-18(26)14-9-20-22(2)16(14)21-17(25)11-8-15(24)23(10-11)13-6-4-12(19)5-7-13/h4-7,9,11H,3,8,10H2,1-2H3,(H,21,25). The zero-order valence-corrected chi connectivity index (χ0v) is 15.7. The van der Waals surface area contributed by atoms with Crippen LogP contribution in [0.25, 0.3) is 0 Å². The lowest BCUT2D eigenvalue weighted by molar-refractivity contribution is -0.122. The summed E-state index contributed by atoms with van der Waals surface area (Å²) in [6, 6.07) is 6.86. The van der Waals surface area contributed by atoms with Gasteiger partial charge in [0.05, 0.1) is 18.7 Å². The first-order chi connectivity index (χ1) is 12.9. The van der Waals surface area contributed by atoms with Crippen LogP contribution < -0.4 is 10.2 Å². The molecule has 1 aromatic heterocycles. The second-order valence-electron chi connectivity index (χ2n) is 6.12. The molecule has 27 heavy (non-hydrogen) atoms. The van der Waals surface area contributed by atoms with Gasteiger partial charge in [0.2, 0.25) is 11.8 Å². The first-order valence-electron chi connectivity index (χ1n) is 8.46. The number of halogens is 1. The van der Waals surface area contributed by atoms with Gasteiger partial charge in [0, 0.05) is 30.7 Å². The highest BCUT2D eigenvalue weighted by Crippen LogP contribution is 2.27. The van der Waals surface area contributed by atoms with Crippen LogP contribution in [0.1, 0.15) is 23.7 Å². The molecule has 1 unspecified atom stereocenters. The summed E-state index contributed by atoms with van der Waals surface area (Å²) in [6.45, 7) is 2.16. The fourth-order valence-electron chi connectivity index (χ4n) is 2.92. The lowest BCUT2D eigenvalue weighted by Gasteiger charge is -2.17. The van der Waals surface area contributed by atoms with E-state index in [1.165, 1.54) is 10.9 Å². The van der Waals surface area contributed by atoms with Gasteiger partial charge in [-0.15, -0.1) is 0 Å². The number of anilines is 2. The molecule has 1 aliphatic heterocycles. The molecule has 1 saturated heterocycles. The first-order valence-corrected chi connectivity index (χ1v) is 8.84. The van der Waals surface area contributed by atoms with E-state index in [2.05, 4.69) is 10.4 Å². The number of carbonyl (C=O) groups is 3. The summed E-state index contributed by atoms with van der Waals surface area (Å²) < 4.78 is 6.36. The maximum atomic E-state index is 12.7. The monoisotopic (exact) mass is 390 g/mol. The van der Waals surface area contributed by atoms with Crippen molar-refractivity contribution in [3.63, 3.8) is 0 Å². The van der Waals surface area contributed by atoms with Crippen molar-refractivity contribution in [1.82, 2.24) is 9.78 Å². The lowest BCUT2D eigenvalue weighted by atomic mass is 10.1. The van der Waals surface area contributed by atoms with E-state index in [0.717, 1.165) is 0 Å². The fourth-order valence-corrected chi connectivity index (χ4v) is 3.04. The van der Waals surface area contributed by atoms with Gasteiger partial charge in [-0.3, -0.25) is 14.3 Å². The Morgan fingerprint density at radius 2 is 2.04 bits per heavy atom. The van der Waals surface area contributed by atoms with Crippen molar-refractivity contribution in [1.29, 1.82) is 0 Å². The van der Waals surface area contributed by atoms with Crippen molar-refractivity contribution in [3.05, 3.63) is 41.0 Å². The molecule has 8 nitrogen and oxygen atoms in total. The Labute approximate surface area is 161 Å². The van der Waals surface area contributed by atoms with Gasteiger partial charge in [0.15, 0.2) is 0 Å². The summed E-state index contributed by atoms with van der Waals surface area (Å²) in [7, 11) is 1.61. The van der Waals surface area contributed by atoms with E-state index in [1.54, 1.807) is 43.1 Å². The van der Waals surface area contributed by atoms with Crippen LogP contribution in [0.4, 0.5) is 11.5 Å². The van der Waals surface area contributed by atoms with Crippen LogP contribution >= 0.6 is 11.6 Å². The molecule has 1 aliphatic rings. The lowest BCUT2D eigenvalue weighted by Crippen LogP contribution is -2.29. The van der Waals surface area contributed by atoms with Crippen molar-refractivity contribution in [2.24, 2.45) is 13.0 Å². The van der Waals surface area contributed by atoms with Gasteiger partial charge in [0.25, 0.3) is 0 Å². The van der Waals surface area contributed by atoms with E-state index in [1.807, 2.05) is 0 Å². The van der Waals surface area contributed by atoms with E-state index in [-0.39, 0.29) is 42.8 Å². The quantitative estimate of drug-likeness (QED) is 0.790. The number of amides is 2. The maximum absolute atomic E-state index is 12.7. The molecule has 1 fully saturated rings. The minimum atomic E-state index is -0.564. The topological polar surface area (TPSA) is 93.5 Å². The molecule has 0 radical (unpaired) electrons. The van der Waals surface area contributed by atoms with Gasteiger partial charge in [-0.1, -0.05) is 11.6 Å². The van der Waals surface area contributed by atoms with Crippen LogP contribution in [0.5, 0.6) is 0 Å². The number of aryl methyl sites for hydroxylation is 1. The Hall–Kier alpha value is -2.87. The van der Waals surface area contributed by atoms with Crippen molar-refractivity contribution in [2.75, 3.05) is 23.4 Å². The molecule has 0 spiro atoms. The third kappa shape index (κ3) is 3.95. The van der Waals surface area contributed by atoms with Crippen molar-refractivity contribution >= 4 is 40.9 Å². The molecule has 1 atom stereocenters. The highest BCUT2D eigenvalue weighted by molar-refractivity contribution is 6.30. The molecule has 0 bridgehead atoms. The van der Waals surface area contributed by atoms with E-state index < -0.39 is 11.9 Å². The normalized spacial score (nSPS) is 16.5. The predicted molar refractivity (Wildman–Crippen MR) is 99.7 cm³/mol. The van der Waals surface area contributed by atoms with Gasteiger partial charge in [-0.2, -0.15) is 5.10 Å². The van der Waals surface area contributed by atoms with Gasteiger partial charge in [-0.25, -0.2) is 4.79 Å². The molecule has 3 rings (SSSR count). The van der Waals surface area contributed by atoms with Crippen LogP contribution in [-0.4, -0.2) is 40.7 Å². The molecule has 1 N–H and O–H groups in total. The number of carbonyl (C=O) groups excluding carboxylic acids is 3. The summed E-state index contributed by atoms with van der Waals surface area (Å²) in [5.74, 6) is -1.36. The number of hydrogen-bond acceptors (Lipinski definition) is 5. The molecule has 0 saturated carbocycles. The molecule has 2 heterocycles. The number of aromatic nitrogens is 2. The minimum Gasteiger partial charge on any atom is -0.462 e. The van der Waals surface area contributed by atoms with Gasteiger partial charge < -0.3 is 15.0 Å². The highest BCUT2D eigenvalue weighted by Gasteiger charge is 2.36. The fraction of sp³-hybridized carbons (Fsp3) is 0.333. The Morgan fingerprint density at radius 1 is 1.33 bits per heavy atom. The van der Waals surface area contributed by atoms with Crippen LogP contribution in [0.15, 0.2) is 30.5 Å². The Balaban J connectivity index is 1.73. The molecule has 9 heteroatoms. The van der Waals surface area contributed by atoms with E-state index in [9.17, 15) is 14.4 Å². The molecular formula is C18H19ClN4O4.